The first kappa shape index (κ1) is 17.2. The highest BCUT2D eigenvalue weighted by atomic mass is 19.3. The lowest BCUT2D eigenvalue weighted by atomic mass is 10.1. The second-order valence-electron chi connectivity index (χ2n) is 5.39. The standard InChI is InChI=1S/C14H15F4N3O2/c1-21(13(23)11-5-14(17,18)7-19-11)6-12(22)20-10-3-8(15)2-9(16)4-10/h2-4,11,19H,5-7H2,1H3,(H,20,22). The number of nitrogens with one attached hydrogen (secondary N) is 2. The number of carbonyl (C=O) groups is 2. The zero-order valence-corrected chi connectivity index (χ0v) is 12.2. The van der Waals surface area contributed by atoms with Gasteiger partial charge < -0.3 is 10.2 Å². The third-order valence-electron chi connectivity index (χ3n) is 3.31. The van der Waals surface area contributed by atoms with E-state index in [1.807, 2.05) is 0 Å². The van der Waals surface area contributed by atoms with E-state index < -0.39 is 54.9 Å². The average molecular weight is 333 g/mol. The summed E-state index contributed by atoms with van der Waals surface area (Å²) in [6, 6.07) is 1.43. The van der Waals surface area contributed by atoms with E-state index in [1.54, 1.807) is 0 Å². The van der Waals surface area contributed by atoms with Crippen molar-refractivity contribution in [3.63, 3.8) is 0 Å². The number of alkyl halides is 2. The summed E-state index contributed by atoms with van der Waals surface area (Å²) in [5, 5.41) is 4.63. The number of carbonyl (C=O) groups excluding carboxylic acids is 2. The Bertz CT molecular complexity index is 604. The Hall–Kier alpha value is -2.16. The molecule has 1 aliphatic rings. The van der Waals surface area contributed by atoms with Gasteiger partial charge in [0, 0.05) is 25.2 Å². The van der Waals surface area contributed by atoms with Crippen molar-refractivity contribution in [1.29, 1.82) is 0 Å². The molecule has 23 heavy (non-hydrogen) atoms. The van der Waals surface area contributed by atoms with Crippen molar-refractivity contribution < 1.29 is 27.2 Å². The summed E-state index contributed by atoms with van der Waals surface area (Å²) in [4.78, 5) is 24.7. The smallest absolute Gasteiger partial charge is 0.262 e. The number of hydrogen-bond acceptors (Lipinski definition) is 3. The first-order chi connectivity index (χ1) is 10.7. The molecule has 1 aromatic rings. The lowest BCUT2D eigenvalue weighted by Crippen LogP contribution is -2.44. The highest BCUT2D eigenvalue weighted by molar-refractivity contribution is 5.95. The minimum Gasteiger partial charge on any atom is -0.335 e. The number of likely N-dealkylation sites (N-methyl/N-ethyl adjacent to an activating group) is 1. The van der Waals surface area contributed by atoms with Gasteiger partial charge in [-0.2, -0.15) is 0 Å². The summed E-state index contributed by atoms with van der Waals surface area (Å²) in [6.45, 7) is -1.02. The Labute approximate surface area is 129 Å². The Morgan fingerprint density at radius 2 is 1.91 bits per heavy atom. The molecule has 0 saturated carbocycles. The van der Waals surface area contributed by atoms with E-state index in [2.05, 4.69) is 10.6 Å². The summed E-state index contributed by atoms with van der Waals surface area (Å²) >= 11 is 0. The van der Waals surface area contributed by atoms with Crippen molar-refractivity contribution in [3.8, 4) is 0 Å². The number of rotatable bonds is 4. The first-order valence-electron chi connectivity index (χ1n) is 6.78. The van der Waals surface area contributed by atoms with Crippen molar-refractivity contribution >= 4 is 17.5 Å². The lowest BCUT2D eigenvalue weighted by molar-refractivity contribution is -0.135. The highest BCUT2D eigenvalue weighted by Crippen LogP contribution is 2.25. The SMILES string of the molecule is CN(CC(=O)Nc1cc(F)cc(F)c1)C(=O)C1CC(F)(F)CN1. The van der Waals surface area contributed by atoms with Crippen LogP contribution >= 0.6 is 0 Å². The Morgan fingerprint density at radius 1 is 1.30 bits per heavy atom. The summed E-state index contributed by atoms with van der Waals surface area (Å²) in [5.74, 6) is -6.02. The van der Waals surface area contributed by atoms with Gasteiger partial charge in [0.05, 0.1) is 19.1 Å². The zero-order valence-electron chi connectivity index (χ0n) is 12.2. The summed E-state index contributed by atoms with van der Waals surface area (Å²) < 4.78 is 52.1. The van der Waals surface area contributed by atoms with Crippen LogP contribution < -0.4 is 10.6 Å². The maximum Gasteiger partial charge on any atom is 0.262 e. The molecule has 9 heteroatoms. The van der Waals surface area contributed by atoms with Crippen LogP contribution in [0.15, 0.2) is 18.2 Å². The molecule has 2 rings (SSSR count). The van der Waals surface area contributed by atoms with Gasteiger partial charge >= 0.3 is 0 Å². The topological polar surface area (TPSA) is 61.4 Å². The molecule has 0 spiro atoms. The van der Waals surface area contributed by atoms with E-state index in [0.29, 0.717) is 6.07 Å². The van der Waals surface area contributed by atoms with Crippen molar-refractivity contribution in [2.75, 3.05) is 25.5 Å². The summed E-state index contributed by atoms with van der Waals surface area (Å²) in [7, 11) is 1.28. The number of anilines is 1. The molecule has 5 nitrogen and oxygen atoms in total. The average Bonchev–Trinajstić information content (AvgIpc) is 2.76. The number of halogens is 4. The van der Waals surface area contributed by atoms with Crippen LogP contribution in [0.25, 0.3) is 0 Å². The van der Waals surface area contributed by atoms with Crippen LogP contribution in [0.4, 0.5) is 23.2 Å². The predicted octanol–water partition coefficient (Wildman–Crippen LogP) is 1.36. The van der Waals surface area contributed by atoms with Gasteiger partial charge in [-0.3, -0.25) is 14.9 Å². The summed E-state index contributed by atoms with van der Waals surface area (Å²) in [5.41, 5.74) is -0.0983. The van der Waals surface area contributed by atoms with Crippen LogP contribution in [0.1, 0.15) is 6.42 Å². The Morgan fingerprint density at radius 3 is 2.43 bits per heavy atom. The van der Waals surface area contributed by atoms with Gasteiger partial charge in [-0.1, -0.05) is 0 Å². The zero-order chi connectivity index (χ0) is 17.2. The van der Waals surface area contributed by atoms with Gasteiger partial charge in [-0.15, -0.1) is 0 Å². The molecule has 1 atom stereocenters. The predicted molar refractivity (Wildman–Crippen MR) is 74.0 cm³/mol. The second-order valence-corrected chi connectivity index (χ2v) is 5.39. The molecule has 0 aromatic heterocycles. The maximum absolute atomic E-state index is 13.1. The van der Waals surface area contributed by atoms with Crippen LogP contribution in [-0.2, 0) is 9.59 Å². The molecule has 0 radical (unpaired) electrons. The van der Waals surface area contributed by atoms with E-state index in [1.165, 1.54) is 7.05 Å². The third-order valence-corrected chi connectivity index (χ3v) is 3.31. The molecule has 1 aromatic carbocycles. The molecule has 1 saturated heterocycles. The number of nitrogens with zero attached hydrogens (tertiary/aromatic N) is 1. The van der Waals surface area contributed by atoms with E-state index in [-0.39, 0.29) is 5.69 Å². The largest absolute Gasteiger partial charge is 0.335 e. The Balaban J connectivity index is 1.90. The van der Waals surface area contributed by atoms with Gasteiger partial charge in [0.2, 0.25) is 11.8 Å². The molecule has 126 valence electrons. The van der Waals surface area contributed by atoms with E-state index >= 15 is 0 Å². The van der Waals surface area contributed by atoms with E-state index in [0.717, 1.165) is 17.0 Å². The van der Waals surface area contributed by atoms with Gasteiger partial charge in [0.1, 0.15) is 11.6 Å². The molecular weight excluding hydrogens is 318 g/mol. The lowest BCUT2D eigenvalue weighted by Gasteiger charge is -2.20. The van der Waals surface area contributed by atoms with Crippen LogP contribution in [-0.4, -0.2) is 48.8 Å². The monoisotopic (exact) mass is 333 g/mol. The van der Waals surface area contributed by atoms with Crippen molar-refractivity contribution in [2.24, 2.45) is 0 Å². The van der Waals surface area contributed by atoms with Crippen LogP contribution in [0, 0.1) is 11.6 Å². The fraction of sp³-hybridized carbons (Fsp3) is 0.429. The van der Waals surface area contributed by atoms with E-state index in [9.17, 15) is 27.2 Å². The van der Waals surface area contributed by atoms with Crippen molar-refractivity contribution in [2.45, 2.75) is 18.4 Å². The van der Waals surface area contributed by atoms with Crippen LogP contribution in [0.3, 0.4) is 0 Å². The maximum atomic E-state index is 13.1. The first-order valence-corrected chi connectivity index (χ1v) is 6.78. The van der Waals surface area contributed by atoms with Crippen LogP contribution in [0.2, 0.25) is 0 Å². The van der Waals surface area contributed by atoms with Crippen molar-refractivity contribution in [3.05, 3.63) is 29.8 Å². The molecule has 1 unspecified atom stereocenters. The summed E-state index contributed by atoms with van der Waals surface area (Å²) in [6.07, 6.45) is -0.632. The molecule has 1 aliphatic heterocycles. The molecule has 0 aliphatic carbocycles. The van der Waals surface area contributed by atoms with Crippen LogP contribution in [0.5, 0.6) is 0 Å². The minimum absolute atomic E-state index is 0.0983. The fourth-order valence-corrected chi connectivity index (χ4v) is 2.28. The normalized spacial score (nSPS) is 19.4. The van der Waals surface area contributed by atoms with Crippen molar-refractivity contribution in [1.82, 2.24) is 10.2 Å². The molecule has 0 bridgehead atoms. The number of amides is 2. The third kappa shape index (κ3) is 4.65. The minimum atomic E-state index is -2.96. The fourth-order valence-electron chi connectivity index (χ4n) is 2.28. The molecular formula is C14H15F4N3O2. The van der Waals surface area contributed by atoms with Gasteiger partial charge in [0.15, 0.2) is 0 Å². The second kappa shape index (κ2) is 6.53. The quantitative estimate of drug-likeness (QED) is 0.818. The molecule has 1 heterocycles. The van der Waals surface area contributed by atoms with Gasteiger partial charge in [-0.05, 0) is 12.1 Å². The highest BCUT2D eigenvalue weighted by Gasteiger charge is 2.43. The number of hydrogen-bond donors (Lipinski definition) is 2. The molecule has 2 amide bonds. The van der Waals surface area contributed by atoms with Gasteiger partial charge in [0.25, 0.3) is 5.92 Å². The number of benzene rings is 1. The Kier molecular flexibility index (Phi) is 4.88. The molecule has 2 N–H and O–H groups in total. The van der Waals surface area contributed by atoms with Gasteiger partial charge in [-0.25, -0.2) is 17.6 Å². The van der Waals surface area contributed by atoms with E-state index in [4.69, 9.17) is 0 Å². The molecule has 1 fully saturated rings.